The second kappa shape index (κ2) is 8.31. The highest BCUT2D eigenvalue weighted by Crippen LogP contribution is 2.19. The van der Waals surface area contributed by atoms with Gasteiger partial charge in [-0.1, -0.05) is 19.1 Å². The molecule has 1 aromatic carbocycles. The number of piperidine rings is 1. The molecule has 0 aromatic heterocycles. The van der Waals surface area contributed by atoms with Crippen LogP contribution in [0.3, 0.4) is 0 Å². The number of likely N-dealkylation sites (tertiary alicyclic amines) is 1. The van der Waals surface area contributed by atoms with Crippen molar-refractivity contribution < 1.29 is 14.4 Å². The molecule has 0 unspecified atom stereocenters. The Morgan fingerprint density at radius 2 is 2.04 bits per heavy atom. The molecule has 2 saturated heterocycles. The first kappa shape index (κ1) is 18.4. The Hall–Kier alpha value is -2.41. The Bertz CT molecular complexity index is 667. The summed E-state index contributed by atoms with van der Waals surface area (Å²) in [5.41, 5.74) is 1.39. The van der Waals surface area contributed by atoms with Gasteiger partial charge in [-0.2, -0.15) is 0 Å². The zero-order valence-electron chi connectivity index (χ0n) is 15.2. The van der Waals surface area contributed by atoms with E-state index in [9.17, 15) is 14.4 Å². The number of amides is 4. The molecule has 2 heterocycles. The van der Waals surface area contributed by atoms with Crippen LogP contribution < -0.4 is 10.6 Å². The SMILES string of the molecule is CCNCC1CCN(C(=O)c2cccc(CN3C(=O)CNC3=O)c2)CC1. The van der Waals surface area contributed by atoms with E-state index >= 15 is 0 Å². The van der Waals surface area contributed by atoms with E-state index < -0.39 is 0 Å². The fourth-order valence-corrected chi connectivity index (χ4v) is 3.47. The summed E-state index contributed by atoms with van der Waals surface area (Å²) < 4.78 is 0. The maximum Gasteiger partial charge on any atom is 0.324 e. The molecular weight excluding hydrogens is 332 g/mol. The van der Waals surface area contributed by atoms with Gasteiger partial charge in [0.15, 0.2) is 0 Å². The number of hydrogen-bond acceptors (Lipinski definition) is 4. The third-order valence-corrected chi connectivity index (χ3v) is 5.04. The lowest BCUT2D eigenvalue weighted by atomic mass is 9.96. The average molecular weight is 358 g/mol. The third-order valence-electron chi connectivity index (χ3n) is 5.04. The summed E-state index contributed by atoms with van der Waals surface area (Å²) in [5.74, 6) is 0.408. The predicted molar refractivity (Wildman–Crippen MR) is 97.6 cm³/mol. The molecule has 0 atom stereocenters. The van der Waals surface area contributed by atoms with Crippen LogP contribution in [0, 0.1) is 5.92 Å². The molecule has 0 saturated carbocycles. The van der Waals surface area contributed by atoms with Crippen LogP contribution in [0.2, 0.25) is 0 Å². The molecule has 26 heavy (non-hydrogen) atoms. The van der Waals surface area contributed by atoms with Gasteiger partial charge in [-0.3, -0.25) is 14.5 Å². The lowest BCUT2D eigenvalue weighted by Crippen LogP contribution is -2.40. The molecule has 0 bridgehead atoms. The smallest absolute Gasteiger partial charge is 0.324 e. The van der Waals surface area contributed by atoms with E-state index in [-0.39, 0.29) is 30.9 Å². The number of imide groups is 1. The first-order valence-electron chi connectivity index (χ1n) is 9.25. The minimum Gasteiger partial charge on any atom is -0.339 e. The van der Waals surface area contributed by atoms with Gasteiger partial charge in [-0.15, -0.1) is 0 Å². The van der Waals surface area contributed by atoms with E-state index in [0.717, 1.165) is 44.6 Å². The van der Waals surface area contributed by atoms with Crippen molar-refractivity contribution >= 4 is 17.8 Å². The Labute approximate surface area is 153 Å². The van der Waals surface area contributed by atoms with Gasteiger partial charge in [0.25, 0.3) is 5.91 Å². The molecule has 4 amide bonds. The highest BCUT2D eigenvalue weighted by Gasteiger charge is 2.29. The zero-order valence-corrected chi connectivity index (χ0v) is 15.2. The van der Waals surface area contributed by atoms with E-state index in [0.29, 0.717) is 11.5 Å². The second-order valence-corrected chi connectivity index (χ2v) is 6.88. The van der Waals surface area contributed by atoms with Gasteiger partial charge in [-0.05, 0) is 49.5 Å². The normalized spacial score (nSPS) is 18.3. The van der Waals surface area contributed by atoms with Gasteiger partial charge in [0, 0.05) is 18.7 Å². The van der Waals surface area contributed by atoms with Crippen LogP contribution in [-0.4, -0.2) is 60.4 Å². The van der Waals surface area contributed by atoms with Crippen LogP contribution in [0.25, 0.3) is 0 Å². The Kier molecular flexibility index (Phi) is 5.88. The van der Waals surface area contributed by atoms with Crippen molar-refractivity contribution in [2.24, 2.45) is 5.92 Å². The molecule has 2 aliphatic heterocycles. The Balaban J connectivity index is 1.60. The Morgan fingerprint density at radius 3 is 2.69 bits per heavy atom. The third kappa shape index (κ3) is 4.22. The zero-order chi connectivity index (χ0) is 18.5. The van der Waals surface area contributed by atoms with Crippen molar-refractivity contribution in [1.29, 1.82) is 0 Å². The number of carbonyl (C=O) groups is 3. The van der Waals surface area contributed by atoms with Gasteiger partial charge in [0.1, 0.15) is 0 Å². The number of carbonyl (C=O) groups excluding carboxylic acids is 3. The van der Waals surface area contributed by atoms with Gasteiger partial charge >= 0.3 is 6.03 Å². The molecule has 0 radical (unpaired) electrons. The summed E-state index contributed by atoms with van der Waals surface area (Å²) in [6.45, 7) is 5.86. The molecule has 0 aliphatic carbocycles. The minimum atomic E-state index is -0.380. The number of rotatable bonds is 6. The van der Waals surface area contributed by atoms with E-state index in [1.54, 1.807) is 18.2 Å². The van der Waals surface area contributed by atoms with Crippen molar-refractivity contribution in [1.82, 2.24) is 20.4 Å². The lowest BCUT2D eigenvalue weighted by molar-refractivity contribution is -0.125. The van der Waals surface area contributed by atoms with Gasteiger partial charge < -0.3 is 15.5 Å². The quantitative estimate of drug-likeness (QED) is 0.749. The monoisotopic (exact) mass is 358 g/mol. The van der Waals surface area contributed by atoms with E-state index in [2.05, 4.69) is 17.6 Å². The second-order valence-electron chi connectivity index (χ2n) is 6.88. The molecule has 2 fully saturated rings. The molecule has 2 N–H and O–H groups in total. The van der Waals surface area contributed by atoms with Crippen molar-refractivity contribution in [2.75, 3.05) is 32.7 Å². The van der Waals surface area contributed by atoms with Gasteiger partial charge in [0.2, 0.25) is 5.91 Å². The first-order valence-corrected chi connectivity index (χ1v) is 9.25. The van der Waals surface area contributed by atoms with Gasteiger partial charge in [-0.25, -0.2) is 4.79 Å². The van der Waals surface area contributed by atoms with Gasteiger partial charge in [0.05, 0.1) is 13.1 Å². The molecular formula is C19H26N4O3. The lowest BCUT2D eigenvalue weighted by Gasteiger charge is -2.32. The predicted octanol–water partition coefficient (Wildman–Crippen LogP) is 1.20. The molecule has 2 aliphatic rings. The van der Waals surface area contributed by atoms with Crippen LogP contribution in [0.4, 0.5) is 4.79 Å². The summed E-state index contributed by atoms with van der Waals surface area (Å²) >= 11 is 0. The van der Waals surface area contributed by atoms with Crippen molar-refractivity contribution in [3.8, 4) is 0 Å². The molecule has 7 nitrogen and oxygen atoms in total. The maximum absolute atomic E-state index is 12.8. The van der Waals surface area contributed by atoms with Crippen molar-refractivity contribution in [3.63, 3.8) is 0 Å². The molecule has 1 aromatic rings. The first-order chi connectivity index (χ1) is 12.6. The Morgan fingerprint density at radius 1 is 1.27 bits per heavy atom. The molecule has 0 spiro atoms. The number of urea groups is 1. The standard InChI is InChI=1S/C19H26N4O3/c1-2-20-11-14-6-8-22(9-7-14)18(25)16-5-3-4-15(10-16)13-23-17(24)12-21-19(23)26/h3-5,10,14,20H,2,6-9,11-13H2,1H3,(H,21,26). The molecule has 3 rings (SSSR count). The maximum atomic E-state index is 12.8. The number of nitrogens with one attached hydrogen (secondary N) is 2. The fourth-order valence-electron chi connectivity index (χ4n) is 3.47. The van der Waals surface area contributed by atoms with Crippen LogP contribution in [-0.2, 0) is 11.3 Å². The summed E-state index contributed by atoms with van der Waals surface area (Å²) in [7, 11) is 0. The van der Waals surface area contributed by atoms with E-state index in [1.807, 2.05) is 11.0 Å². The molecule has 140 valence electrons. The highest BCUT2D eigenvalue weighted by molar-refractivity contribution is 6.02. The van der Waals surface area contributed by atoms with E-state index in [4.69, 9.17) is 0 Å². The van der Waals surface area contributed by atoms with E-state index in [1.165, 1.54) is 4.90 Å². The van der Waals surface area contributed by atoms with Crippen molar-refractivity contribution in [2.45, 2.75) is 26.3 Å². The van der Waals surface area contributed by atoms with Crippen molar-refractivity contribution in [3.05, 3.63) is 35.4 Å². The largest absolute Gasteiger partial charge is 0.339 e. The summed E-state index contributed by atoms with van der Waals surface area (Å²) in [6.07, 6.45) is 2.03. The van der Waals surface area contributed by atoms with Crippen LogP contribution >= 0.6 is 0 Å². The summed E-state index contributed by atoms with van der Waals surface area (Å²) in [6, 6.07) is 6.83. The number of hydrogen-bond donors (Lipinski definition) is 2. The van der Waals surface area contributed by atoms with Crippen LogP contribution in [0.15, 0.2) is 24.3 Å². The average Bonchev–Trinajstić information content (AvgIpc) is 2.98. The molecule has 7 heteroatoms. The van der Waals surface area contributed by atoms with Crippen LogP contribution in [0.5, 0.6) is 0 Å². The van der Waals surface area contributed by atoms with Crippen LogP contribution in [0.1, 0.15) is 35.7 Å². The fraction of sp³-hybridized carbons (Fsp3) is 0.526. The summed E-state index contributed by atoms with van der Waals surface area (Å²) in [5, 5.41) is 5.88. The highest BCUT2D eigenvalue weighted by atomic mass is 16.2. The topological polar surface area (TPSA) is 81.8 Å². The summed E-state index contributed by atoms with van der Waals surface area (Å²) in [4.78, 5) is 39.3. The number of benzene rings is 1. The minimum absolute atomic E-state index is 0.0194. The number of nitrogens with zero attached hydrogens (tertiary/aromatic N) is 2.